The first kappa shape index (κ1) is 12.5. The molecule has 0 fully saturated rings. The zero-order valence-electron chi connectivity index (χ0n) is 7.77. The zero-order valence-corrected chi connectivity index (χ0v) is 10.1. The minimum atomic E-state index is -3.73. The van der Waals surface area contributed by atoms with E-state index >= 15 is 0 Å². The maximum Gasteiger partial charge on any atom is 0.301 e. The number of nitrogens with zero attached hydrogens (tertiary/aromatic N) is 2. The van der Waals surface area contributed by atoms with Gasteiger partial charge < -0.3 is 0 Å². The van der Waals surface area contributed by atoms with E-state index < -0.39 is 15.6 Å². The first-order chi connectivity index (χ1) is 6.90. The van der Waals surface area contributed by atoms with Crippen LogP contribution in [0.2, 0.25) is 10.0 Å². The van der Waals surface area contributed by atoms with Crippen LogP contribution in [0.1, 0.15) is 13.3 Å². The van der Waals surface area contributed by atoms with E-state index in [2.05, 4.69) is 5.10 Å². The van der Waals surface area contributed by atoms with E-state index in [9.17, 15) is 13.2 Å². The molecule has 0 radical (unpaired) electrons. The summed E-state index contributed by atoms with van der Waals surface area (Å²) in [6, 6.07) is 0. The van der Waals surface area contributed by atoms with Gasteiger partial charge in [-0.3, -0.25) is 4.79 Å². The molecule has 0 amide bonds. The molecule has 8 heteroatoms. The van der Waals surface area contributed by atoms with Gasteiger partial charge in [-0.25, -0.2) is 8.42 Å². The van der Waals surface area contributed by atoms with Gasteiger partial charge in [0.1, 0.15) is 5.02 Å². The minimum Gasteiger partial charge on any atom is -0.265 e. The molecule has 1 rings (SSSR count). The molecular weight excluding hydrogens is 263 g/mol. The molecular formula is C7H8Cl2N2O3S. The van der Waals surface area contributed by atoms with Crippen molar-refractivity contribution in [3.8, 4) is 0 Å². The second kappa shape index (κ2) is 4.51. The zero-order chi connectivity index (χ0) is 11.6. The van der Waals surface area contributed by atoms with E-state index in [1.165, 1.54) is 0 Å². The molecule has 0 bridgehead atoms. The first-order valence-corrected chi connectivity index (χ1v) is 6.43. The maximum atomic E-state index is 11.5. The van der Waals surface area contributed by atoms with Crippen molar-refractivity contribution in [2.75, 3.05) is 5.75 Å². The van der Waals surface area contributed by atoms with Gasteiger partial charge in [-0.1, -0.05) is 30.1 Å². The van der Waals surface area contributed by atoms with Crippen molar-refractivity contribution in [2.45, 2.75) is 13.3 Å². The maximum absolute atomic E-state index is 11.5. The molecule has 0 N–H and O–H groups in total. The van der Waals surface area contributed by atoms with Gasteiger partial charge >= 0.3 is 5.56 Å². The molecule has 15 heavy (non-hydrogen) atoms. The average molecular weight is 271 g/mol. The second-order valence-corrected chi connectivity index (χ2v) is 5.47. The number of halogens is 2. The quantitative estimate of drug-likeness (QED) is 0.826. The van der Waals surface area contributed by atoms with Crippen LogP contribution in [-0.4, -0.2) is 23.4 Å². The van der Waals surface area contributed by atoms with Crippen LogP contribution in [-0.2, 0) is 10.0 Å². The third-order valence-corrected chi connectivity index (χ3v) is 4.03. The van der Waals surface area contributed by atoms with Crippen LogP contribution in [0.4, 0.5) is 0 Å². The van der Waals surface area contributed by atoms with E-state index in [1.54, 1.807) is 6.92 Å². The van der Waals surface area contributed by atoms with Gasteiger partial charge in [0.25, 0.3) is 10.0 Å². The molecule has 1 aromatic heterocycles. The summed E-state index contributed by atoms with van der Waals surface area (Å²) in [5.41, 5.74) is -0.919. The van der Waals surface area contributed by atoms with Gasteiger partial charge in [0.05, 0.1) is 17.0 Å². The molecule has 1 heterocycles. The Morgan fingerprint density at radius 3 is 2.60 bits per heavy atom. The molecule has 0 aromatic carbocycles. The smallest absolute Gasteiger partial charge is 0.265 e. The normalized spacial score (nSPS) is 11.7. The molecule has 84 valence electrons. The second-order valence-electron chi connectivity index (χ2n) is 2.77. The van der Waals surface area contributed by atoms with Crippen LogP contribution in [0, 0.1) is 0 Å². The average Bonchev–Trinajstić information content (AvgIpc) is 2.13. The molecule has 0 aliphatic carbocycles. The van der Waals surface area contributed by atoms with Gasteiger partial charge in [0.2, 0.25) is 0 Å². The number of hydrogen-bond donors (Lipinski definition) is 0. The fourth-order valence-electron chi connectivity index (χ4n) is 0.941. The monoisotopic (exact) mass is 270 g/mol. The first-order valence-electron chi connectivity index (χ1n) is 4.06. The summed E-state index contributed by atoms with van der Waals surface area (Å²) < 4.78 is 23.4. The Balaban J connectivity index is 3.42. The Labute approximate surface area is 96.7 Å². The summed E-state index contributed by atoms with van der Waals surface area (Å²) in [6.07, 6.45) is 1.41. The summed E-state index contributed by atoms with van der Waals surface area (Å²) in [6.45, 7) is 1.68. The fourth-order valence-corrected chi connectivity index (χ4v) is 2.47. The predicted molar refractivity (Wildman–Crippen MR) is 58.0 cm³/mol. The van der Waals surface area contributed by atoms with Crippen LogP contribution in [0.25, 0.3) is 0 Å². The van der Waals surface area contributed by atoms with Crippen LogP contribution in [0.15, 0.2) is 11.0 Å². The Kier molecular flexibility index (Phi) is 3.75. The largest absolute Gasteiger partial charge is 0.301 e. The van der Waals surface area contributed by atoms with Gasteiger partial charge in [-0.05, 0) is 6.42 Å². The van der Waals surface area contributed by atoms with Crippen LogP contribution in [0.3, 0.4) is 0 Å². The molecule has 1 aromatic rings. The van der Waals surface area contributed by atoms with Crippen molar-refractivity contribution in [3.63, 3.8) is 0 Å². The third kappa shape index (κ3) is 2.50. The molecule has 0 atom stereocenters. The van der Waals surface area contributed by atoms with Crippen molar-refractivity contribution < 1.29 is 8.42 Å². The minimum absolute atomic E-state index is 0.0652. The van der Waals surface area contributed by atoms with Crippen molar-refractivity contribution in [1.29, 1.82) is 0 Å². The van der Waals surface area contributed by atoms with E-state index in [4.69, 9.17) is 23.2 Å². The lowest BCUT2D eigenvalue weighted by atomic mass is 10.6. The number of aromatic nitrogens is 2. The highest BCUT2D eigenvalue weighted by atomic mass is 35.5. The fraction of sp³-hybridized carbons (Fsp3) is 0.429. The SMILES string of the molecule is CCCS(=O)(=O)n1ncc(Cl)c(Cl)c1=O. The van der Waals surface area contributed by atoms with Gasteiger partial charge in [0.15, 0.2) is 0 Å². The number of rotatable bonds is 3. The Morgan fingerprint density at radius 2 is 2.07 bits per heavy atom. The standard InChI is InChI=1S/C7H8Cl2N2O3S/c1-2-3-15(13,14)11-7(12)6(9)5(8)4-10-11/h4H,2-3H2,1H3. The third-order valence-electron chi connectivity index (χ3n) is 1.57. The Bertz CT molecular complexity index is 524. The highest BCUT2D eigenvalue weighted by Gasteiger charge is 2.18. The molecule has 0 unspecified atom stereocenters. The Morgan fingerprint density at radius 1 is 1.47 bits per heavy atom. The lowest BCUT2D eigenvalue weighted by Gasteiger charge is -2.05. The molecule has 0 spiro atoms. The van der Waals surface area contributed by atoms with Crippen molar-refractivity contribution >= 4 is 33.2 Å². The highest BCUT2D eigenvalue weighted by Crippen LogP contribution is 2.15. The van der Waals surface area contributed by atoms with E-state index in [0.29, 0.717) is 10.5 Å². The van der Waals surface area contributed by atoms with Crippen molar-refractivity contribution in [3.05, 3.63) is 26.6 Å². The summed E-state index contributed by atoms with van der Waals surface area (Å²) in [5.74, 6) is -0.169. The molecule has 0 saturated carbocycles. The van der Waals surface area contributed by atoms with Crippen molar-refractivity contribution in [2.24, 2.45) is 0 Å². The molecule has 0 aliphatic heterocycles. The van der Waals surface area contributed by atoms with Crippen LogP contribution < -0.4 is 5.56 Å². The van der Waals surface area contributed by atoms with Gasteiger partial charge in [0, 0.05) is 0 Å². The van der Waals surface area contributed by atoms with Crippen LogP contribution >= 0.6 is 23.2 Å². The summed E-state index contributed by atoms with van der Waals surface area (Å²) in [5, 5.41) is 3.02. The van der Waals surface area contributed by atoms with Crippen LogP contribution in [0.5, 0.6) is 0 Å². The topological polar surface area (TPSA) is 69.0 Å². The molecule has 0 aliphatic rings. The summed E-state index contributed by atoms with van der Waals surface area (Å²) in [4.78, 5) is 11.4. The Hall–Kier alpha value is -0.590. The van der Waals surface area contributed by atoms with Gasteiger partial charge in [-0.15, -0.1) is 4.09 Å². The summed E-state index contributed by atoms with van der Waals surface area (Å²) >= 11 is 11.0. The molecule has 0 saturated heterocycles. The lowest BCUT2D eigenvalue weighted by molar-refractivity contribution is 0.574. The molecule has 5 nitrogen and oxygen atoms in total. The predicted octanol–water partition coefficient (Wildman–Crippen LogP) is 1.14. The van der Waals surface area contributed by atoms with Gasteiger partial charge in [-0.2, -0.15) is 5.10 Å². The lowest BCUT2D eigenvalue weighted by Crippen LogP contribution is -2.31. The highest BCUT2D eigenvalue weighted by molar-refractivity contribution is 7.89. The van der Waals surface area contributed by atoms with E-state index in [1.807, 2.05) is 0 Å². The number of hydrogen-bond acceptors (Lipinski definition) is 4. The van der Waals surface area contributed by atoms with E-state index in [0.717, 1.165) is 6.20 Å². The van der Waals surface area contributed by atoms with Crippen molar-refractivity contribution in [1.82, 2.24) is 9.19 Å². The summed E-state index contributed by atoms with van der Waals surface area (Å²) in [7, 11) is -3.73. The van der Waals surface area contributed by atoms with E-state index in [-0.39, 0.29) is 15.8 Å².